The molecule has 3 N–H and O–H groups in total. The summed E-state index contributed by atoms with van der Waals surface area (Å²) in [5, 5.41) is 34.8. The Hall–Kier alpha value is -3.55. The Balaban J connectivity index is 2.03. The maximum Gasteiger partial charge on any atom is 0.209 e. The summed E-state index contributed by atoms with van der Waals surface area (Å²) in [6, 6.07) is 14.0. The number of hydrogen-bond acceptors (Lipinski definition) is 5. The Kier molecular flexibility index (Phi) is 5.21. The number of guanidine groups is 1. The van der Waals surface area contributed by atoms with E-state index in [1.54, 1.807) is 32.0 Å². The molecule has 1 aliphatic rings. The molecule has 0 radical (unpaired) electrons. The van der Waals surface area contributed by atoms with Gasteiger partial charge in [0.1, 0.15) is 23.5 Å². The highest BCUT2D eigenvalue weighted by atomic mass is 16.5. The lowest BCUT2D eigenvalue weighted by atomic mass is 9.86. The van der Waals surface area contributed by atoms with Crippen LogP contribution in [0.5, 0.6) is 5.75 Å². The molecule has 2 atom stereocenters. The second kappa shape index (κ2) is 7.59. The molecule has 0 aromatic heterocycles. The molecular formula is C21H21N5O2. The molecule has 0 unspecified atom stereocenters. The van der Waals surface area contributed by atoms with Gasteiger partial charge in [0.2, 0.25) is 5.96 Å². The molecule has 7 heteroatoms. The van der Waals surface area contributed by atoms with E-state index in [4.69, 9.17) is 10.00 Å². The first-order valence-corrected chi connectivity index (χ1v) is 8.82. The molecule has 142 valence electrons. The van der Waals surface area contributed by atoms with Crippen molar-refractivity contribution in [3.8, 4) is 18.0 Å². The van der Waals surface area contributed by atoms with Crippen LogP contribution in [-0.4, -0.2) is 22.8 Å². The van der Waals surface area contributed by atoms with Crippen LogP contribution in [0.15, 0.2) is 47.5 Å². The first-order chi connectivity index (χ1) is 13.3. The van der Waals surface area contributed by atoms with Gasteiger partial charge in [0.25, 0.3) is 0 Å². The predicted octanol–water partition coefficient (Wildman–Crippen LogP) is 2.98. The van der Waals surface area contributed by atoms with Gasteiger partial charge in [-0.05, 0) is 51.1 Å². The van der Waals surface area contributed by atoms with Crippen LogP contribution >= 0.6 is 0 Å². The van der Waals surface area contributed by atoms with E-state index in [0.29, 0.717) is 16.9 Å². The van der Waals surface area contributed by atoms with E-state index in [9.17, 15) is 10.4 Å². The third kappa shape index (κ3) is 3.90. The fraction of sp³-hybridized carbons (Fsp3) is 0.286. The number of benzene rings is 2. The van der Waals surface area contributed by atoms with E-state index in [-0.39, 0.29) is 5.96 Å². The van der Waals surface area contributed by atoms with E-state index in [2.05, 4.69) is 21.7 Å². The number of rotatable bonds is 2. The number of nitrogens with one attached hydrogen (secondary N) is 2. The summed E-state index contributed by atoms with van der Waals surface area (Å²) in [4.78, 5) is 4.57. The van der Waals surface area contributed by atoms with Crippen molar-refractivity contribution in [2.24, 2.45) is 4.99 Å². The van der Waals surface area contributed by atoms with Gasteiger partial charge < -0.3 is 15.2 Å². The van der Waals surface area contributed by atoms with Crippen molar-refractivity contribution >= 4 is 11.6 Å². The van der Waals surface area contributed by atoms with Crippen molar-refractivity contribution < 1.29 is 9.84 Å². The van der Waals surface area contributed by atoms with Gasteiger partial charge in [0.05, 0.1) is 11.6 Å². The minimum Gasteiger partial charge on any atom is -0.485 e. The standard InChI is InChI=1S/C21H21N5O2/c1-13-4-7-15(8-5-13)25-20(24-12-23)26-18-16-10-14(11-22)6-9-17(16)28-21(2,3)19(18)27/h4-10,18-19,27H,1-3H3,(H2,24,25,26)/t18-,19+/m0/s1. The molecule has 0 spiro atoms. The molecule has 0 bridgehead atoms. The van der Waals surface area contributed by atoms with Crippen LogP contribution in [0.25, 0.3) is 0 Å². The van der Waals surface area contributed by atoms with E-state index in [1.807, 2.05) is 37.4 Å². The number of ether oxygens (including phenoxy) is 1. The number of aryl methyl sites for hydroxylation is 1. The zero-order valence-electron chi connectivity index (χ0n) is 15.9. The van der Waals surface area contributed by atoms with Crippen LogP contribution in [0.4, 0.5) is 5.69 Å². The first-order valence-electron chi connectivity index (χ1n) is 8.82. The number of fused-ring (bicyclic) bond motifs is 1. The van der Waals surface area contributed by atoms with Crippen molar-refractivity contribution in [1.82, 2.24) is 5.32 Å². The Labute approximate surface area is 163 Å². The number of nitrogens with zero attached hydrogens (tertiary/aromatic N) is 3. The summed E-state index contributed by atoms with van der Waals surface area (Å²) in [5.41, 5.74) is 2.00. The highest BCUT2D eigenvalue weighted by Crippen LogP contribution is 2.42. The highest BCUT2D eigenvalue weighted by Gasteiger charge is 2.43. The van der Waals surface area contributed by atoms with Gasteiger partial charge in [0.15, 0.2) is 6.19 Å². The minimum absolute atomic E-state index is 0.196. The fourth-order valence-electron chi connectivity index (χ4n) is 3.04. The number of aliphatic hydroxyl groups is 1. The minimum atomic E-state index is -0.982. The van der Waals surface area contributed by atoms with Gasteiger partial charge in [0, 0.05) is 11.3 Å². The van der Waals surface area contributed by atoms with Gasteiger partial charge in [-0.2, -0.15) is 10.5 Å². The molecule has 28 heavy (non-hydrogen) atoms. The lowest BCUT2D eigenvalue weighted by molar-refractivity contribution is -0.0567. The van der Waals surface area contributed by atoms with E-state index >= 15 is 0 Å². The van der Waals surface area contributed by atoms with Crippen LogP contribution in [0.3, 0.4) is 0 Å². The van der Waals surface area contributed by atoms with Gasteiger partial charge >= 0.3 is 0 Å². The van der Waals surface area contributed by atoms with Crippen molar-refractivity contribution in [3.63, 3.8) is 0 Å². The van der Waals surface area contributed by atoms with E-state index < -0.39 is 17.7 Å². The SMILES string of the molecule is Cc1ccc(NC(=N[C@H]2c3cc(C#N)ccc3OC(C)(C)[C@@H]2O)NC#N)cc1. The summed E-state index contributed by atoms with van der Waals surface area (Å²) < 4.78 is 5.90. The van der Waals surface area contributed by atoms with Gasteiger partial charge in [-0.1, -0.05) is 17.7 Å². The highest BCUT2D eigenvalue weighted by molar-refractivity contribution is 5.94. The Morgan fingerprint density at radius 3 is 2.54 bits per heavy atom. The van der Waals surface area contributed by atoms with Crippen molar-refractivity contribution in [2.75, 3.05) is 5.32 Å². The molecule has 2 aromatic carbocycles. The quantitative estimate of drug-likeness (QED) is 0.322. The summed E-state index contributed by atoms with van der Waals surface area (Å²) in [6.07, 6.45) is 0.880. The molecule has 0 saturated heterocycles. The number of hydrogen-bond donors (Lipinski definition) is 3. The molecule has 1 aliphatic heterocycles. The predicted molar refractivity (Wildman–Crippen MR) is 106 cm³/mol. The Morgan fingerprint density at radius 1 is 1.18 bits per heavy atom. The normalized spacial score (nSPS) is 20.1. The smallest absolute Gasteiger partial charge is 0.209 e. The van der Waals surface area contributed by atoms with Crippen LogP contribution < -0.4 is 15.4 Å². The zero-order chi connectivity index (χ0) is 20.3. The van der Waals surface area contributed by atoms with E-state index in [0.717, 1.165) is 11.3 Å². The van der Waals surface area contributed by atoms with Crippen molar-refractivity contribution in [3.05, 3.63) is 59.2 Å². The van der Waals surface area contributed by atoms with Crippen LogP contribution in [-0.2, 0) is 0 Å². The topological polar surface area (TPSA) is 113 Å². The molecule has 0 amide bonds. The lowest BCUT2D eigenvalue weighted by Gasteiger charge is -2.40. The van der Waals surface area contributed by atoms with Crippen LogP contribution in [0, 0.1) is 29.7 Å². The maximum absolute atomic E-state index is 10.9. The first kappa shape index (κ1) is 19.2. The Morgan fingerprint density at radius 2 is 1.89 bits per heavy atom. The second-order valence-corrected chi connectivity index (χ2v) is 7.17. The molecule has 0 saturated carbocycles. The fourth-order valence-corrected chi connectivity index (χ4v) is 3.04. The number of nitriles is 2. The molecule has 2 aromatic rings. The third-order valence-electron chi connectivity index (χ3n) is 4.60. The monoisotopic (exact) mass is 375 g/mol. The lowest BCUT2D eigenvalue weighted by Crippen LogP contribution is -2.49. The Bertz CT molecular complexity index is 983. The molecular weight excluding hydrogens is 354 g/mol. The molecule has 0 fully saturated rings. The average Bonchev–Trinajstić information content (AvgIpc) is 2.67. The maximum atomic E-state index is 10.9. The number of aliphatic imine (C=N–C) groups is 1. The summed E-state index contributed by atoms with van der Waals surface area (Å²) in [7, 11) is 0. The van der Waals surface area contributed by atoms with Gasteiger partial charge in [-0.15, -0.1) is 0 Å². The number of aliphatic hydroxyl groups excluding tert-OH is 1. The van der Waals surface area contributed by atoms with Crippen LogP contribution in [0.1, 0.15) is 36.6 Å². The van der Waals surface area contributed by atoms with Gasteiger partial charge in [-0.3, -0.25) is 5.32 Å². The summed E-state index contributed by atoms with van der Waals surface area (Å²) in [5.74, 6) is 0.746. The van der Waals surface area contributed by atoms with Crippen LogP contribution in [0.2, 0.25) is 0 Å². The molecule has 0 aliphatic carbocycles. The number of anilines is 1. The third-order valence-corrected chi connectivity index (χ3v) is 4.60. The average molecular weight is 375 g/mol. The largest absolute Gasteiger partial charge is 0.485 e. The van der Waals surface area contributed by atoms with Gasteiger partial charge in [-0.25, -0.2) is 4.99 Å². The zero-order valence-corrected chi connectivity index (χ0v) is 15.9. The molecule has 3 rings (SSSR count). The summed E-state index contributed by atoms with van der Waals surface area (Å²) in [6.45, 7) is 5.52. The van der Waals surface area contributed by atoms with Crippen molar-refractivity contribution in [1.29, 1.82) is 10.5 Å². The molecule has 1 heterocycles. The second-order valence-electron chi connectivity index (χ2n) is 7.17. The van der Waals surface area contributed by atoms with Crippen molar-refractivity contribution in [2.45, 2.75) is 38.5 Å². The molecule has 7 nitrogen and oxygen atoms in total. The van der Waals surface area contributed by atoms with E-state index in [1.165, 1.54) is 0 Å². The summed E-state index contributed by atoms with van der Waals surface area (Å²) >= 11 is 0.